The van der Waals surface area contributed by atoms with Crippen LogP contribution in [0.4, 0.5) is 0 Å². The maximum atomic E-state index is 10.6. The van der Waals surface area contributed by atoms with E-state index in [2.05, 4.69) is 6.92 Å². The zero-order valence-corrected chi connectivity index (χ0v) is 8.51. The van der Waals surface area contributed by atoms with Crippen LogP contribution in [0.5, 0.6) is 0 Å². The summed E-state index contributed by atoms with van der Waals surface area (Å²) >= 11 is -1.73. The van der Waals surface area contributed by atoms with Crippen molar-refractivity contribution in [2.24, 2.45) is 0 Å². The summed E-state index contributed by atoms with van der Waals surface area (Å²) in [5, 5.41) is 0. The highest BCUT2D eigenvalue weighted by molar-refractivity contribution is 7.78. The van der Waals surface area contributed by atoms with Crippen LogP contribution in [0.25, 0.3) is 0 Å². The number of rotatable bonds is 4. The van der Waals surface area contributed by atoms with E-state index in [0.717, 1.165) is 18.4 Å². The van der Waals surface area contributed by atoms with Crippen molar-refractivity contribution in [2.45, 2.75) is 25.5 Å². The fourth-order valence-corrected chi connectivity index (χ4v) is 1.89. The second kappa shape index (κ2) is 5.14. The van der Waals surface area contributed by atoms with Crippen molar-refractivity contribution in [3.8, 4) is 0 Å². The number of hydrogen-bond acceptors (Lipinski definition) is 1. The van der Waals surface area contributed by atoms with Crippen molar-refractivity contribution in [3.63, 3.8) is 0 Å². The molecule has 0 spiro atoms. The summed E-state index contributed by atoms with van der Waals surface area (Å²) < 4.78 is 19.4. The molecule has 3 heteroatoms. The standard InChI is InChI=1S/C10H14O2S/c1-2-5-9-6-3-4-7-10(9)8-13(11)12/h3-4,6-7H,2,5,8H2,1H3,(H,11,12). The molecule has 0 aliphatic heterocycles. The molecular weight excluding hydrogens is 184 g/mol. The third-order valence-corrected chi connectivity index (χ3v) is 2.47. The van der Waals surface area contributed by atoms with Gasteiger partial charge in [-0.25, -0.2) is 4.21 Å². The number of benzene rings is 1. The maximum Gasteiger partial charge on any atom is 0.157 e. The Labute approximate surface area is 81.3 Å². The lowest BCUT2D eigenvalue weighted by Crippen LogP contribution is -1.98. The zero-order valence-electron chi connectivity index (χ0n) is 7.69. The lowest BCUT2D eigenvalue weighted by atomic mass is 10.0. The third kappa shape index (κ3) is 3.28. The SMILES string of the molecule is CCCc1ccccc1CS(=O)O. The molecule has 1 rings (SSSR count). The van der Waals surface area contributed by atoms with Crippen LogP contribution in [0.2, 0.25) is 0 Å². The van der Waals surface area contributed by atoms with Gasteiger partial charge >= 0.3 is 0 Å². The first kappa shape index (κ1) is 10.4. The molecule has 0 fully saturated rings. The molecule has 72 valence electrons. The molecule has 0 radical (unpaired) electrons. The fraction of sp³-hybridized carbons (Fsp3) is 0.400. The molecule has 0 bridgehead atoms. The van der Waals surface area contributed by atoms with Gasteiger partial charge in [0.2, 0.25) is 0 Å². The van der Waals surface area contributed by atoms with E-state index in [1.54, 1.807) is 0 Å². The third-order valence-electron chi connectivity index (χ3n) is 1.92. The highest BCUT2D eigenvalue weighted by Crippen LogP contribution is 2.12. The van der Waals surface area contributed by atoms with Crippen LogP contribution in [0.3, 0.4) is 0 Å². The lowest BCUT2D eigenvalue weighted by molar-refractivity contribution is 0.563. The van der Waals surface area contributed by atoms with Crippen molar-refractivity contribution in [1.29, 1.82) is 0 Å². The number of aryl methyl sites for hydroxylation is 1. The van der Waals surface area contributed by atoms with Gasteiger partial charge in [-0.15, -0.1) is 0 Å². The van der Waals surface area contributed by atoms with Gasteiger partial charge in [0.05, 0.1) is 5.75 Å². The Hall–Kier alpha value is -0.670. The number of hydrogen-bond donors (Lipinski definition) is 1. The minimum Gasteiger partial charge on any atom is -0.306 e. The lowest BCUT2D eigenvalue weighted by Gasteiger charge is -2.05. The average molecular weight is 198 g/mol. The molecule has 13 heavy (non-hydrogen) atoms. The van der Waals surface area contributed by atoms with Gasteiger partial charge in [-0.3, -0.25) is 0 Å². The molecule has 0 aliphatic rings. The Morgan fingerprint density at radius 3 is 2.46 bits per heavy atom. The Morgan fingerprint density at radius 1 is 1.31 bits per heavy atom. The van der Waals surface area contributed by atoms with Crippen LogP contribution in [0.1, 0.15) is 24.5 Å². The molecule has 0 amide bonds. The first-order valence-electron chi connectivity index (χ1n) is 4.38. The van der Waals surface area contributed by atoms with Gasteiger partial charge in [0.25, 0.3) is 0 Å². The van der Waals surface area contributed by atoms with Gasteiger partial charge in [-0.2, -0.15) is 0 Å². The molecule has 0 aliphatic carbocycles. The highest BCUT2D eigenvalue weighted by atomic mass is 32.2. The molecule has 1 unspecified atom stereocenters. The largest absolute Gasteiger partial charge is 0.306 e. The molecule has 1 aromatic carbocycles. The van der Waals surface area contributed by atoms with Gasteiger partial charge in [0, 0.05) is 0 Å². The molecule has 0 saturated carbocycles. The van der Waals surface area contributed by atoms with E-state index >= 15 is 0 Å². The van der Waals surface area contributed by atoms with Crippen molar-refractivity contribution in [3.05, 3.63) is 35.4 Å². The summed E-state index contributed by atoms with van der Waals surface area (Å²) in [5.41, 5.74) is 2.18. The Kier molecular flexibility index (Phi) is 4.12. The van der Waals surface area contributed by atoms with Crippen LogP contribution in [-0.4, -0.2) is 8.76 Å². The van der Waals surface area contributed by atoms with Gasteiger partial charge in [-0.1, -0.05) is 37.6 Å². The monoisotopic (exact) mass is 198 g/mol. The summed E-state index contributed by atoms with van der Waals surface area (Å²) in [6.07, 6.45) is 2.04. The molecule has 1 aromatic rings. The Bertz CT molecular complexity index is 297. The van der Waals surface area contributed by atoms with Crippen molar-refractivity contribution in [1.82, 2.24) is 0 Å². The zero-order chi connectivity index (χ0) is 9.68. The van der Waals surface area contributed by atoms with Crippen molar-refractivity contribution >= 4 is 11.1 Å². The van der Waals surface area contributed by atoms with Crippen molar-refractivity contribution in [2.75, 3.05) is 0 Å². The van der Waals surface area contributed by atoms with E-state index in [-0.39, 0.29) is 5.75 Å². The van der Waals surface area contributed by atoms with Crippen LogP contribution in [0.15, 0.2) is 24.3 Å². The smallest absolute Gasteiger partial charge is 0.157 e. The van der Waals surface area contributed by atoms with Crippen LogP contribution in [0, 0.1) is 0 Å². The highest BCUT2D eigenvalue weighted by Gasteiger charge is 2.02. The second-order valence-electron chi connectivity index (χ2n) is 2.98. The summed E-state index contributed by atoms with van der Waals surface area (Å²) in [6, 6.07) is 7.81. The van der Waals surface area contributed by atoms with Crippen LogP contribution >= 0.6 is 0 Å². The van der Waals surface area contributed by atoms with E-state index in [1.807, 2.05) is 24.3 Å². The van der Waals surface area contributed by atoms with Crippen LogP contribution < -0.4 is 0 Å². The molecule has 1 N–H and O–H groups in total. The van der Waals surface area contributed by atoms with E-state index in [0.29, 0.717) is 0 Å². The van der Waals surface area contributed by atoms with Gasteiger partial charge < -0.3 is 4.55 Å². The van der Waals surface area contributed by atoms with Gasteiger partial charge in [0.15, 0.2) is 11.1 Å². The molecule has 0 heterocycles. The molecule has 1 atom stereocenters. The molecular formula is C10H14O2S. The Morgan fingerprint density at radius 2 is 1.92 bits per heavy atom. The van der Waals surface area contributed by atoms with Crippen molar-refractivity contribution < 1.29 is 8.76 Å². The summed E-state index contributed by atoms with van der Waals surface area (Å²) in [5.74, 6) is 0.246. The summed E-state index contributed by atoms with van der Waals surface area (Å²) in [4.78, 5) is 0. The minimum atomic E-state index is -1.73. The van der Waals surface area contributed by atoms with Gasteiger partial charge in [-0.05, 0) is 17.5 Å². The molecule has 0 saturated heterocycles. The molecule has 0 aromatic heterocycles. The van der Waals surface area contributed by atoms with E-state index < -0.39 is 11.1 Å². The predicted octanol–water partition coefficient (Wildman–Crippen LogP) is 2.36. The first-order chi connectivity index (χ1) is 6.24. The average Bonchev–Trinajstić information content (AvgIpc) is 2.08. The van der Waals surface area contributed by atoms with Crippen LogP contribution in [-0.2, 0) is 23.3 Å². The fourth-order valence-electron chi connectivity index (χ4n) is 1.34. The minimum absolute atomic E-state index is 0.246. The first-order valence-corrected chi connectivity index (χ1v) is 5.66. The quantitative estimate of drug-likeness (QED) is 0.754. The van der Waals surface area contributed by atoms with E-state index in [4.69, 9.17) is 4.55 Å². The summed E-state index contributed by atoms with van der Waals surface area (Å²) in [6.45, 7) is 2.10. The Balaban J connectivity index is 2.84. The topological polar surface area (TPSA) is 37.3 Å². The normalized spacial score (nSPS) is 12.8. The van der Waals surface area contributed by atoms with Gasteiger partial charge in [0.1, 0.15) is 0 Å². The van der Waals surface area contributed by atoms with E-state index in [1.165, 1.54) is 5.56 Å². The maximum absolute atomic E-state index is 10.6. The summed E-state index contributed by atoms with van der Waals surface area (Å²) in [7, 11) is 0. The van der Waals surface area contributed by atoms with E-state index in [9.17, 15) is 4.21 Å². The predicted molar refractivity (Wildman–Crippen MR) is 54.9 cm³/mol. The second-order valence-corrected chi connectivity index (χ2v) is 3.92. The molecule has 2 nitrogen and oxygen atoms in total.